The van der Waals surface area contributed by atoms with Crippen molar-refractivity contribution < 1.29 is 24.2 Å². The van der Waals surface area contributed by atoms with Crippen molar-refractivity contribution in [3.8, 4) is 16.2 Å². The molecule has 39 heavy (non-hydrogen) atoms. The first-order valence-corrected chi connectivity index (χ1v) is 13.9. The molecule has 3 aromatic rings. The van der Waals surface area contributed by atoms with Gasteiger partial charge in [0.15, 0.2) is 0 Å². The van der Waals surface area contributed by atoms with Crippen LogP contribution in [0.25, 0.3) is 10.4 Å². The second kappa shape index (κ2) is 12.3. The van der Waals surface area contributed by atoms with Crippen molar-refractivity contribution in [1.82, 2.24) is 4.90 Å². The minimum absolute atomic E-state index is 0.147. The van der Waals surface area contributed by atoms with Crippen LogP contribution >= 0.6 is 11.3 Å². The minimum atomic E-state index is -1.06. The van der Waals surface area contributed by atoms with Gasteiger partial charge >= 0.3 is 12.0 Å². The first-order valence-electron chi connectivity index (χ1n) is 13.1. The fourth-order valence-corrected chi connectivity index (χ4v) is 6.28. The van der Waals surface area contributed by atoms with Gasteiger partial charge in [-0.15, -0.1) is 11.3 Å². The number of carbonyl (C=O) groups is 3. The average molecular weight is 550 g/mol. The number of carboxylic acid groups (broad SMARTS) is 1. The summed E-state index contributed by atoms with van der Waals surface area (Å²) in [5.41, 5.74) is 4.84. The maximum Gasteiger partial charge on any atom is 0.324 e. The maximum atomic E-state index is 13.9. The smallest absolute Gasteiger partial charge is 0.324 e. The number of anilines is 2. The van der Waals surface area contributed by atoms with Crippen LogP contribution in [0.5, 0.6) is 5.75 Å². The largest absolute Gasteiger partial charge is 0.497 e. The number of benzene rings is 2. The summed E-state index contributed by atoms with van der Waals surface area (Å²) < 4.78 is 5.27. The number of hydrogen-bond acceptors (Lipinski definition) is 5. The van der Waals surface area contributed by atoms with Gasteiger partial charge in [0.2, 0.25) is 0 Å². The van der Waals surface area contributed by atoms with Gasteiger partial charge in [-0.05, 0) is 80.6 Å². The van der Waals surface area contributed by atoms with Crippen molar-refractivity contribution in [2.75, 3.05) is 24.3 Å². The number of aliphatic carboxylic acids is 1. The van der Waals surface area contributed by atoms with Gasteiger partial charge in [-0.2, -0.15) is 0 Å². The van der Waals surface area contributed by atoms with Crippen LogP contribution in [0.15, 0.2) is 42.5 Å². The van der Waals surface area contributed by atoms with E-state index in [-0.39, 0.29) is 18.2 Å². The van der Waals surface area contributed by atoms with E-state index in [1.807, 2.05) is 57.2 Å². The number of carbonyl (C=O) groups excluding carboxylic acids is 2. The Bertz CT molecular complexity index is 1340. The highest BCUT2D eigenvalue weighted by atomic mass is 32.1. The quantitative estimate of drug-likeness (QED) is 0.285. The van der Waals surface area contributed by atoms with E-state index in [9.17, 15) is 19.5 Å². The Labute approximate surface area is 233 Å². The van der Waals surface area contributed by atoms with Crippen LogP contribution in [-0.4, -0.2) is 47.6 Å². The number of thiophene rings is 1. The van der Waals surface area contributed by atoms with E-state index in [1.165, 1.54) is 16.2 Å². The summed E-state index contributed by atoms with van der Waals surface area (Å²) in [6, 6.07) is 12.6. The zero-order valence-electron chi connectivity index (χ0n) is 22.8. The molecule has 9 heteroatoms. The molecule has 0 atom stereocenters. The summed E-state index contributed by atoms with van der Waals surface area (Å²) in [5.74, 6) is -0.742. The van der Waals surface area contributed by atoms with E-state index in [1.54, 1.807) is 13.2 Å². The number of methoxy groups -OCH3 is 1. The normalized spacial score (nSPS) is 13.5. The summed E-state index contributed by atoms with van der Waals surface area (Å²) in [7, 11) is 1.59. The lowest BCUT2D eigenvalue weighted by Gasteiger charge is -2.33. The standard InChI is InChI=1S/C30H35N3O5S/c1-18-14-19(2)27(20(3)15-18)31-30(37)32-28-24(16-25(39-28)21-10-12-23(38-4)13-11-21)29(36)33(17-26(34)35)22-8-6-5-7-9-22/h10-16,22H,5-9,17H2,1-4H3,(H,34,35)(H2,31,32,37). The predicted molar refractivity (Wildman–Crippen MR) is 155 cm³/mol. The van der Waals surface area contributed by atoms with Gasteiger partial charge in [0.25, 0.3) is 5.91 Å². The Balaban J connectivity index is 1.69. The van der Waals surface area contributed by atoms with Gasteiger partial charge in [-0.1, -0.05) is 37.0 Å². The van der Waals surface area contributed by atoms with Crippen LogP contribution in [0.3, 0.4) is 0 Å². The number of hydrogen-bond donors (Lipinski definition) is 3. The van der Waals surface area contributed by atoms with Gasteiger partial charge in [-0.3, -0.25) is 14.9 Å². The Morgan fingerprint density at radius 1 is 0.974 bits per heavy atom. The Kier molecular flexibility index (Phi) is 8.91. The van der Waals surface area contributed by atoms with E-state index in [2.05, 4.69) is 10.6 Å². The Hall–Kier alpha value is -3.85. The van der Waals surface area contributed by atoms with Crippen LogP contribution < -0.4 is 15.4 Å². The Morgan fingerprint density at radius 3 is 2.21 bits per heavy atom. The SMILES string of the molecule is COc1ccc(-c2cc(C(=O)N(CC(=O)O)C3CCCCC3)c(NC(=O)Nc3c(C)cc(C)cc3C)s2)cc1. The molecular weight excluding hydrogens is 514 g/mol. The van der Waals surface area contributed by atoms with Crippen LogP contribution in [0.4, 0.5) is 15.5 Å². The van der Waals surface area contributed by atoms with Crippen LogP contribution in [-0.2, 0) is 4.79 Å². The molecule has 1 aliphatic carbocycles. The number of nitrogens with zero attached hydrogens (tertiary/aromatic N) is 1. The predicted octanol–water partition coefficient (Wildman–Crippen LogP) is 6.85. The summed E-state index contributed by atoms with van der Waals surface area (Å²) in [6.07, 6.45) is 4.53. The summed E-state index contributed by atoms with van der Waals surface area (Å²) in [5, 5.41) is 15.8. The number of aryl methyl sites for hydroxylation is 3. The molecule has 3 amide bonds. The van der Waals surface area contributed by atoms with Crippen molar-refractivity contribution >= 4 is 39.9 Å². The molecule has 1 aliphatic rings. The molecule has 1 fully saturated rings. The molecule has 8 nitrogen and oxygen atoms in total. The molecule has 0 saturated heterocycles. The van der Waals surface area contributed by atoms with Gasteiger partial charge in [0, 0.05) is 16.6 Å². The van der Waals surface area contributed by atoms with E-state index in [4.69, 9.17) is 4.74 Å². The second-order valence-corrected chi connectivity index (χ2v) is 11.1. The molecular formula is C30H35N3O5S. The van der Waals surface area contributed by atoms with Crippen LogP contribution in [0.2, 0.25) is 0 Å². The highest BCUT2D eigenvalue weighted by Crippen LogP contribution is 2.38. The van der Waals surface area contributed by atoms with Gasteiger partial charge in [-0.25, -0.2) is 4.79 Å². The number of ether oxygens (including phenoxy) is 1. The third kappa shape index (κ3) is 6.78. The number of rotatable bonds is 8. The molecule has 2 aromatic carbocycles. The van der Waals surface area contributed by atoms with Crippen molar-refractivity contribution in [3.63, 3.8) is 0 Å². The van der Waals surface area contributed by atoms with E-state index < -0.39 is 17.9 Å². The van der Waals surface area contributed by atoms with Gasteiger partial charge < -0.3 is 20.1 Å². The molecule has 3 N–H and O–H groups in total. The molecule has 0 spiro atoms. The monoisotopic (exact) mass is 549 g/mol. The summed E-state index contributed by atoms with van der Waals surface area (Å²) >= 11 is 1.28. The zero-order valence-corrected chi connectivity index (χ0v) is 23.6. The lowest BCUT2D eigenvalue weighted by Crippen LogP contribution is -2.44. The van der Waals surface area contributed by atoms with Gasteiger partial charge in [0.05, 0.1) is 12.7 Å². The third-order valence-corrected chi connectivity index (χ3v) is 8.16. The zero-order chi connectivity index (χ0) is 28.1. The van der Waals surface area contributed by atoms with Crippen molar-refractivity contribution in [2.24, 2.45) is 0 Å². The first kappa shape index (κ1) is 28.2. The number of urea groups is 1. The summed E-state index contributed by atoms with van der Waals surface area (Å²) in [4.78, 5) is 41.1. The maximum absolute atomic E-state index is 13.9. The van der Waals surface area contributed by atoms with Crippen molar-refractivity contribution in [1.29, 1.82) is 0 Å². The van der Waals surface area contributed by atoms with E-state index >= 15 is 0 Å². The fraction of sp³-hybridized carbons (Fsp3) is 0.367. The third-order valence-electron chi connectivity index (χ3n) is 7.06. The number of carboxylic acids is 1. The first-order chi connectivity index (χ1) is 18.7. The minimum Gasteiger partial charge on any atom is -0.497 e. The molecule has 1 heterocycles. The molecule has 0 bridgehead atoms. The topological polar surface area (TPSA) is 108 Å². The molecule has 4 rings (SSSR count). The van der Waals surface area contributed by atoms with Crippen LogP contribution in [0, 0.1) is 20.8 Å². The number of nitrogens with one attached hydrogen (secondary N) is 2. The molecule has 206 valence electrons. The molecule has 0 radical (unpaired) electrons. The highest BCUT2D eigenvalue weighted by Gasteiger charge is 2.31. The van der Waals surface area contributed by atoms with Gasteiger partial charge in [0.1, 0.15) is 17.3 Å². The molecule has 1 aromatic heterocycles. The lowest BCUT2D eigenvalue weighted by molar-refractivity contribution is -0.138. The number of amides is 3. The van der Waals surface area contributed by atoms with Crippen LogP contribution in [0.1, 0.15) is 59.2 Å². The van der Waals surface area contributed by atoms with E-state index in [0.717, 1.165) is 59.2 Å². The average Bonchev–Trinajstić information content (AvgIpc) is 3.33. The fourth-order valence-electron chi connectivity index (χ4n) is 5.23. The highest BCUT2D eigenvalue weighted by molar-refractivity contribution is 7.20. The van der Waals surface area contributed by atoms with Crippen molar-refractivity contribution in [2.45, 2.75) is 58.9 Å². The lowest BCUT2D eigenvalue weighted by atomic mass is 9.93. The molecule has 0 aliphatic heterocycles. The molecule has 0 unspecified atom stereocenters. The summed E-state index contributed by atoms with van der Waals surface area (Å²) in [6.45, 7) is 5.49. The Morgan fingerprint density at radius 2 is 1.62 bits per heavy atom. The van der Waals surface area contributed by atoms with Crippen molar-refractivity contribution in [3.05, 3.63) is 64.7 Å². The molecule has 1 saturated carbocycles. The van der Waals surface area contributed by atoms with E-state index in [0.29, 0.717) is 16.4 Å². The second-order valence-electron chi connectivity index (χ2n) is 10.1.